The molecule has 0 unspecified atom stereocenters. The van der Waals surface area contributed by atoms with E-state index in [1.807, 2.05) is 11.8 Å². The molecule has 1 aliphatic heterocycles. The second kappa shape index (κ2) is 2.63. The summed E-state index contributed by atoms with van der Waals surface area (Å²) in [6.07, 6.45) is 3.83. The third kappa shape index (κ3) is 0.998. The number of amides is 1. The van der Waals surface area contributed by atoms with E-state index in [2.05, 4.69) is 6.19 Å². The quantitative estimate of drug-likeness (QED) is 0.539. The van der Waals surface area contributed by atoms with Gasteiger partial charge >= 0.3 is 0 Å². The van der Waals surface area contributed by atoms with E-state index in [1.54, 1.807) is 4.90 Å². The standard InChI is InChI=1S/C9H13N3O/c1-2-11-5-6-12(7-10)9(3-4-9)8(11)13/h2-6H2,1H3. The highest BCUT2D eigenvalue weighted by atomic mass is 16.2. The van der Waals surface area contributed by atoms with Crippen LogP contribution in [0.2, 0.25) is 0 Å². The van der Waals surface area contributed by atoms with Gasteiger partial charge < -0.3 is 4.90 Å². The first kappa shape index (κ1) is 8.36. The summed E-state index contributed by atoms with van der Waals surface area (Å²) in [4.78, 5) is 15.3. The minimum Gasteiger partial charge on any atom is -0.339 e. The molecule has 2 aliphatic rings. The summed E-state index contributed by atoms with van der Waals surface area (Å²) in [5, 5.41) is 8.85. The fraction of sp³-hybridized carbons (Fsp3) is 0.778. The predicted octanol–water partition coefficient (Wildman–Crippen LogP) is 0.164. The zero-order valence-electron chi connectivity index (χ0n) is 7.79. The smallest absolute Gasteiger partial charge is 0.249 e. The molecule has 0 aromatic heterocycles. The lowest BCUT2D eigenvalue weighted by molar-refractivity contribution is -0.141. The Kier molecular flexibility index (Phi) is 1.69. The number of rotatable bonds is 1. The number of hydrogen-bond donors (Lipinski definition) is 0. The second-order valence-electron chi connectivity index (χ2n) is 3.67. The summed E-state index contributed by atoms with van der Waals surface area (Å²) in [7, 11) is 0. The minimum atomic E-state index is -0.414. The van der Waals surface area contributed by atoms with Gasteiger partial charge in [0.2, 0.25) is 5.91 Å². The molecule has 13 heavy (non-hydrogen) atoms. The van der Waals surface area contributed by atoms with Crippen molar-refractivity contribution in [3.63, 3.8) is 0 Å². The maximum Gasteiger partial charge on any atom is 0.249 e. The van der Waals surface area contributed by atoms with E-state index < -0.39 is 5.54 Å². The van der Waals surface area contributed by atoms with Gasteiger partial charge in [0.15, 0.2) is 6.19 Å². The third-order valence-corrected chi connectivity index (χ3v) is 3.02. The predicted molar refractivity (Wildman–Crippen MR) is 46.5 cm³/mol. The average Bonchev–Trinajstić information content (AvgIpc) is 2.92. The summed E-state index contributed by atoms with van der Waals surface area (Å²) in [5.74, 6) is 0.155. The normalized spacial score (nSPS) is 24.8. The number of carbonyl (C=O) groups is 1. The van der Waals surface area contributed by atoms with Gasteiger partial charge in [-0.05, 0) is 19.8 Å². The molecule has 4 nitrogen and oxygen atoms in total. The van der Waals surface area contributed by atoms with Crippen LogP contribution < -0.4 is 0 Å². The van der Waals surface area contributed by atoms with E-state index in [-0.39, 0.29) is 5.91 Å². The highest BCUT2D eigenvalue weighted by Gasteiger charge is 2.58. The second-order valence-corrected chi connectivity index (χ2v) is 3.67. The van der Waals surface area contributed by atoms with Gasteiger partial charge in [0, 0.05) is 19.6 Å². The number of likely N-dealkylation sites (N-methyl/N-ethyl adjacent to an activating group) is 1. The lowest BCUT2D eigenvalue weighted by Gasteiger charge is -2.37. The number of carbonyl (C=O) groups excluding carboxylic acids is 1. The van der Waals surface area contributed by atoms with Crippen LogP contribution >= 0.6 is 0 Å². The highest BCUT2D eigenvalue weighted by molar-refractivity contribution is 5.90. The molecule has 0 atom stereocenters. The first-order valence-electron chi connectivity index (χ1n) is 4.71. The Morgan fingerprint density at radius 1 is 1.54 bits per heavy atom. The molecule has 1 saturated carbocycles. The summed E-state index contributed by atoms with van der Waals surface area (Å²) in [6, 6.07) is 0. The van der Waals surface area contributed by atoms with E-state index in [0.717, 1.165) is 19.4 Å². The van der Waals surface area contributed by atoms with Crippen LogP contribution in [0.25, 0.3) is 0 Å². The molecule has 4 heteroatoms. The van der Waals surface area contributed by atoms with Gasteiger partial charge in [-0.2, -0.15) is 5.26 Å². The molecule has 0 aromatic rings. The van der Waals surface area contributed by atoms with Crippen molar-refractivity contribution in [2.24, 2.45) is 0 Å². The highest BCUT2D eigenvalue weighted by Crippen LogP contribution is 2.44. The van der Waals surface area contributed by atoms with E-state index in [0.29, 0.717) is 13.1 Å². The van der Waals surface area contributed by atoms with Crippen molar-refractivity contribution < 1.29 is 4.79 Å². The Balaban J connectivity index is 2.20. The van der Waals surface area contributed by atoms with Gasteiger partial charge in [0.25, 0.3) is 0 Å². The van der Waals surface area contributed by atoms with Crippen LogP contribution in [0, 0.1) is 11.5 Å². The molecule has 0 radical (unpaired) electrons. The zero-order valence-corrected chi connectivity index (χ0v) is 7.79. The molecule has 2 rings (SSSR count). The Bertz CT molecular complexity index is 277. The molecule has 2 fully saturated rings. The molecule has 0 aromatic carbocycles. The van der Waals surface area contributed by atoms with Gasteiger partial charge in [-0.1, -0.05) is 0 Å². The van der Waals surface area contributed by atoms with E-state index in [1.165, 1.54) is 0 Å². The average molecular weight is 179 g/mol. The largest absolute Gasteiger partial charge is 0.339 e. The minimum absolute atomic E-state index is 0.155. The summed E-state index contributed by atoms with van der Waals surface area (Å²) in [5.41, 5.74) is -0.414. The maximum absolute atomic E-state index is 11.8. The third-order valence-electron chi connectivity index (χ3n) is 3.02. The van der Waals surface area contributed by atoms with Crippen LogP contribution in [-0.2, 0) is 4.79 Å². The van der Waals surface area contributed by atoms with Crippen LogP contribution in [0.15, 0.2) is 0 Å². The van der Waals surface area contributed by atoms with E-state index in [4.69, 9.17) is 5.26 Å². The number of hydrogen-bond acceptors (Lipinski definition) is 3. The molecule has 0 N–H and O–H groups in total. The molecule has 70 valence electrons. The van der Waals surface area contributed by atoms with Gasteiger partial charge in [-0.3, -0.25) is 9.69 Å². The fourth-order valence-electron chi connectivity index (χ4n) is 2.00. The van der Waals surface area contributed by atoms with Crippen LogP contribution in [-0.4, -0.2) is 40.9 Å². The van der Waals surface area contributed by atoms with Crippen molar-refractivity contribution in [3.05, 3.63) is 0 Å². The van der Waals surface area contributed by atoms with Crippen LogP contribution in [0.1, 0.15) is 19.8 Å². The molecule has 1 saturated heterocycles. The van der Waals surface area contributed by atoms with Gasteiger partial charge in [-0.15, -0.1) is 0 Å². The van der Waals surface area contributed by atoms with Crippen LogP contribution in [0.4, 0.5) is 0 Å². The monoisotopic (exact) mass is 179 g/mol. The first-order valence-corrected chi connectivity index (χ1v) is 4.71. The van der Waals surface area contributed by atoms with Crippen molar-refractivity contribution in [1.29, 1.82) is 5.26 Å². The molecule has 0 bridgehead atoms. The molecule has 1 amide bonds. The van der Waals surface area contributed by atoms with Crippen molar-refractivity contribution in [2.75, 3.05) is 19.6 Å². The molecule has 1 spiro atoms. The van der Waals surface area contributed by atoms with E-state index in [9.17, 15) is 4.79 Å². The van der Waals surface area contributed by atoms with Crippen molar-refractivity contribution in [1.82, 2.24) is 9.80 Å². The number of nitriles is 1. The van der Waals surface area contributed by atoms with Gasteiger partial charge in [0.05, 0.1) is 0 Å². The molecular formula is C9H13N3O. The van der Waals surface area contributed by atoms with Gasteiger partial charge in [-0.25, -0.2) is 0 Å². The Morgan fingerprint density at radius 2 is 2.23 bits per heavy atom. The van der Waals surface area contributed by atoms with Crippen LogP contribution in [0.5, 0.6) is 0 Å². The first-order chi connectivity index (χ1) is 6.24. The number of nitrogens with zero attached hydrogens (tertiary/aromatic N) is 3. The molecule has 1 aliphatic carbocycles. The Morgan fingerprint density at radius 3 is 2.69 bits per heavy atom. The van der Waals surface area contributed by atoms with Gasteiger partial charge in [0.1, 0.15) is 5.54 Å². The fourth-order valence-corrected chi connectivity index (χ4v) is 2.00. The van der Waals surface area contributed by atoms with Crippen molar-refractivity contribution in [3.8, 4) is 6.19 Å². The number of piperazine rings is 1. The van der Waals surface area contributed by atoms with Crippen molar-refractivity contribution in [2.45, 2.75) is 25.3 Å². The SMILES string of the molecule is CCN1CCN(C#N)C2(CC2)C1=O. The van der Waals surface area contributed by atoms with E-state index >= 15 is 0 Å². The van der Waals surface area contributed by atoms with Crippen molar-refractivity contribution >= 4 is 5.91 Å². The maximum atomic E-state index is 11.8. The zero-order chi connectivity index (χ0) is 9.47. The lowest BCUT2D eigenvalue weighted by Crippen LogP contribution is -2.56. The Hall–Kier alpha value is -1.24. The summed E-state index contributed by atoms with van der Waals surface area (Å²) < 4.78 is 0. The molecular weight excluding hydrogens is 166 g/mol. The lowest BCUT2D eigenvalue weighted by atomic mass is 10.1. The Labute approximate surface area is 77.7 Å². The van der Waals surface area contributed by atoms with Crippen LogP contribution in [0.3, 0.4) is 0 Å². The topological polar surface area (TPSA) is 47.3 Å². The molecule has 1 heterocycles. The summed E-state index contributed by atoms with van der Waals surface area (Å²) >= 11 is 0. The summed E-state index contributed by atoms with van der Waals surface area (Å²) in [6.45, 7) is 4.15.